The van der Waals surface area contributed by atoms with Gasteiger partial charge in [-0.25, -0.2) is 5.43 Å². The van der Waals surface area contributed by atoms with E-state index in [1.807, 2.05) is 32.0 Å². The Balaban J connectivity index is 2.05. The molecule has 2 rings (SSSR count). The molecule has 0 heterocycles. The second kappa shape index (κ2) is 8.99. The molecule has 0 unspecified atom stereocenters. The van der Waals surface area contributed by atoms with Crippen molar-refractivity contribution in [3.63, 3.8) is 0 Å². The van der Waals surface area contributed by atoms with E-state index in [1.54, 1.807) is 24.3 Å². The van der Waals surface area contributed by atoms with Crippen molar-refractivity contribution in [1.29, 1.82) is 0 Å². The molecule has 24 heavy (non-hydrogen) atoms. The molecule has 0 aliphatic heterocycles. The Morgan fingerprint density at radius 2 is 1.88 bits per heavy atom. The first kappa shape index (κ1) is 18.7. The molecule has 1 amide bonds. The number of hydrazone groups is 1. The molecule has 126 valence electrons. The zero-order valence-electron chi connectivity index (χ0n) is 13.5. The molecule has 0 radical (unpaired) electrons. The lowest BCUT2D eigenvalue weighted by atomic mass is 10.1. The maximum absolute atomic E-state index is 12.2. The van der Waals surface area contributed by atoms with Crippen molar-refractivity contribution in [2.75, 3.05) is 6.61 Å². The van der Waals surface area contributed by atoms with Crippen LogP contribution in [0.1, 0.15) is 36.2 Å². The van der Waals surface area contributed by atoms with E-state index in [2.05, 4.69) is 42.4 Å². The van der Waals surface area contributed by atoms with E-state index in [1.165, 1.54) is 0 Å². The largest absolute Gasteiger partial charge is 0.494 e. The summed E-state index contributed by atoms with van der Waals surface area (Å²) in [6, 6.07) is 12.8. The third kappa shape index (κ3) is 5.18. The average Bonchev–Trinajstić information content (AvgIpc) is 2.60. The van der Waals surface area contributed by atoms with Gasteiger partial charge in [0.05, 0.1) is 12.3 Å². The Kier molecular flexibility index (Phi) is 6.99. The highest BCUT2D eigenvalue weighted by Gasteiger charge is 2.07. The molecule has 0 aromatic heterocycles. The number of benzene rings is 2. The van der Waals surface area contributed by atoms with Crippen LogP contribution in [-0.2, 0) is 0 Å². The molecular weight excluding hydrogens is 436 g/mol. The van der Waals surface area contributed by atoms with E-state index >= 15 is 0 Å². The van der Waals surface area contributed by atoms with Crippen LogP contribution in [0.4, 0.5) is 0 Å². The summed E-state index contributed by atoms with van der Waals surface area (Å²) < 4.78 is 7.37. The normalized spacial score (nSPS) is 11.2. The molecule has 2 aromatic carbocycles. The highest BCUT2D eigenvalue weighted by Crippen LogP contribution is 2.22. The number of carbonyl (C=O) groups excluding carboxylic acids is 1. The zero-order valence-corrected chi connectivity index (χ0v) is 16.6. The smallest absolute Gasteiger partial charge is 0.271 e. The van der Waals surface area contributed by atoms with Crippen LogP contribution < -0.4 is 10.2 Å². The average molecular weight is 454 g/mol. The fourth-order valence-electron chi connectivity index (χ4n) is 1.96. The molecule has 0 saturated carbocycles. The number of amides is 1. The minimum absolute atomic E-state index is 0.262. The first-order valence-electron chi connectivity index (χ1n) is 7.54. The summed E-state index contributed by atoms with van der Waals surface area (Å²) in [4.78, 5) is 12.2. The van der Waals surface area contributed by atoms with E-state index in [-0.39, 0.29) is 5.91 Å². The first-order valence-corrected chi connectivity index (χ1v) is 9.12. The third-order valence-electron chi connectivity index (χ3n) is 3.23. The monoisotopic (exact) mass is 452 g/mol. The van der Waals surface area contributed by atoms with Gasteiger partial charge in [-0.05, 0) is 55.8 Å². The number of ether oxygens (including phenoxy) is 1. The third-order valence-corrected chi connectivity index (χ3v) is 4.42. The maximum atomic E-state index is 12.2. The Morgan fingerprint density at radius 1 is 1.17 bits per heavy atom. The van der Waals surface area contributed by atoms with E-state index in [0.717, 1.165) is 26.7 Å². The molecule has 4 nitrogen and oxygen atoms in total. The summed E-state index contributed by atoms with van der Waals surface area (Å²) in [5.41, 5.74) is 4.73. The molecule has 0 spiro atoms. The number of rotatable bonds is 6. The van der Waals surface area contributed by atoms with Crippen molar-refractivity contribution in [3.05, 3.63) is 62.5 Å². The fraction of sp³-hybridized carbons (Fsp3) is 0.222. The van der Waals surface area contributed by atoms with Crippen LogP contribution in [0.3, 0.4) is 0 Å². The molecular formula is C18H18Br2N2O2. The first-order chi connectivity index (χ1) is 11.5. The van der Waals surface area contributed by atoms with Crippen molar-refractivity contribution in [1.82, 2.24) is 5.43 Å². The van der Waals surface area contributed by atoms with Crippen LogP contribution in [0.2, 0.25) is 0 Å². The van der Waals surface area contributed by atoms with Crippen LogP contribution in [0.15, 0.2) is 56.5 Å². The van der Waals surface area contributed by atoms with Crippen LogP contribution in [0.25, 0.3) is 0 Å². The second-order valence-electron chi connectivity index (χ2n) is 5.14. The molecule has 0 aliphatic rings. The summed E-state index contributed by atoms with van der Waals surface area (Å²) in [6.07, 6.45) is 0.946. The summed E-state index contributed by atoms with van der Waals surface area (Å²) in [5, 5.41) is 4.18. The summed E-state index contributed by atoms with van der Waals surface area (Å²) >= 11 is 6.91. The Morgan fingerprint density at radius 3 is 2.54 bits per heavy atom. The van der Waals surface area contributed by atoms with E-state index in [0.29, 0.717) is 17.9 Å². The molecule has 0 bridgehead atoms. The van der Waals surface area contributed by atoms with Crippen LogP contribution in [0.5, 0.6) is 5.75 Å². The number of carbonyl (C=O) groups is 1. The standard InChI is InChI=1S/C18H18Br2N2O2/c1-3-10-24-15-7-4-13(5-8-15)18(23)22-21-12(2)16-11-14(19)6-9-17(16)20/h4-9,11H,3,10H2,1-2H3,(H,22,23)/b21-12+. The lowest BCUT2D eigenvalue weighted by Crippen LogP contribution is -2.19. The molecule has 0 atom stereocenters. The van der Waals surface area contributed by atoms with Crippen molar-refractivity contribution in [2.45, 2.75) is 20.3 Å². The topological polar surface area (TPSA) is 50.7 Å². The predicted molar refractivity (Wildman–Crippen MR) is 104 cm³/mol. The van der Waals surface area contributed by atoms with Crippen LogP contribution in [-0.4, -0.2) is 18.2 Å². The van der Waals surface area contributed by atoms with Gasteiger partial charge in [0.1, 0.15) is 5.75 Å². The highest BCUT2D eigenvalue weighted by atomic mass is 79.9. The summed E-state index contributed by atoms with van der Waals surface area (Å²) in [6.45, 7) is 4.55. The molecule has 0 saturated heterocycles. The van der Waals surface area contributed by atoms with Gasteiger partial charge in [-0.15, -0.1) is 0 Å². The quantitative estimate of drug-likeness (QED) is 0.485. The van der Waals surface area contributed by atoms with Gasteiger partial charge in [0.25, 0.3) is 5.91 Å². The molecule has 1 N–H and O–H groups in total. The second-order valence-corrected chi connectivity index (χ2v) is 6.91. The van der Waals surface area contributed by atoms with Crippen LogP contribution in [0, 0.1) is 0 Å². The molecule has 2 aromatic rings. The number of hydrogen-bond acceptors (Lipinski definition) is 3. The minimum Gasteiger partial charge on any atom is -0.494 e. The van der Waals surface area contributed by atoms with Gasteiger partial charge in [0.2, 0.25) is 0 Å². The van der Waals surface area contributed by atoms with Crippen molar-refractivity contribution < 1.29 is 9.53 Å². The van der Waals surface area contributed by atoms with Gasteiger partial charge >= 0.3 is 0 Å². The Bertz CT molecular complexity index is 743. The number of nitrogens with zero attached hydrogens (tertiary/aromatic N) is 1. The van der Waals surface area contributed by atoms with Crippen molar-refractivity contribution in [3.8, 4) is 5.75 Å². The van der Waals surface area contributed by atoms with E-state index < -0.39 is 0 Å². The minimum atomic E-state index is -0.262. The van der Waals surface area contributed by atoms with E-state index in [9.17, 15) is 4.79 Å². The zero-order chi connectivity index (χ0) is 17.5. The van der Waals surface area contributed by atoms with Gasteiger partial charge in [0.15, 0.2) is 0 Å². The van der Waals surface area contributed by atoms with Crippen molar-refractivity contribution in [2.24, 2.45) is 5.10 Å². The van der Waals surface area contributed by atoms with Gasteiger partial charge in [-0.1, -0.05) is 38.8 Å². The Hall–Kier alpha value is -1.66. The molecule has 6 heteroatoms. The number of hydrogen-bond donors (Lipinski definition) is 1. The SMILES string of the molecule is CCCOc1ccc(C(=O)N/N=C(\C)c2cc(Br)ccc2Br)cc1. The maximum Gasteiger partial charge on any atom is 0.271 e. The molecule has 0 fully saturated rings. The van der Waals surface area contributed by atoms with Crippen LogP contribution >= 0.6 is 31.9 Å². The van der Waals surface area contributed by atoms with Gasteiger partial charge < -0.3 is 4.74 Å². The number of halogens is 2. The predicted octanol–water partition coefficient (Wildman–Crippen LogP) is 5.15. The fourth-order valence-corrected chi connectivity index (χ4v) is 2.85. The lowest BCUT2D eigenvalue weighted by Gasteiger charge is -2.07. The van der Waals surface area contributed by atoms with E-state index in [4.69, 9.17) is 4.74 Å². The Labute approximate surface area is 158 Å². The van der Waals surface area contributed by atoms with Gasteiger partial charge in [-0.3, -0.25) is 4.79 Å². The molecule has 0 aliphatic carbocycles. The van der Waals surface area contributed by atoms with Gasteiger partial charge in [-0.2, -0.15) is 5.10 Å². The highest BCUT2D eigenvalue weighted by molar-refractivity contribution is 9.11. The van der Waals surface area contributed by atoms with Gasteiger partial charge in [0, 0.05) is 20.1 Å². The van der Waals surface area contributed by atoms with Crippen molar-refractivity contribution >= 4 is 43.5 Å². The lowest BCUT2D eigenvalue weighted by molar-refractivity contribution is 0.0955. The summed E-state index contributed by atoms with van der Waals surface area (Å²) in [7, 11) is 0. The number of nitrogens with one attached hydrogen (secondary N) is 1. The summed E-state index contributed by atoms with van der Waals surface area (Å²) in [5.74, 6) is 0.494.